The van der Waals surface area contributed by atoms with E-state index in [4.69, 9.17) is 4.74 Å². The highest BCUT2D eigenvalue weighted by Crippen LogP contribution is 2.24. The van der Waals surface area contributed by atoms with Crippen molar-refractivity contribution in [1.29, 1.82) is 0 Å². The molecule has 0 aliphatic rings. The van der Waals surface area contributed by atoms with Crippen LogP contribution in [0, 0.1) is 0 Å². The van der Waals surface area contributed by atoms with E-state index >= 15 is 0 Å². The van der Waals surface area contributed by atoms with Crippen LogP contribution in [-0.4, -0.2) is 41.2 Å². The van der Waals surface area contributed by atoms with Gasteiger partial charge in [-0.15, -0.1) is 0 Å². The number of carbonyl (C=O) groups is 2. The Morgan fingerprint density at radius 2 is 2.04 bits per heavy atom. The molecule has 8 nitrogen and oxygen atoms in total. The molecule has 2 rings (SSSR count). The average Bonchev–Trinajstić information content (AvgIpc) is 2.61. The molecule has 0 aliphatic carbocycles. The first-order chi connectivity index (χ1) is 12.5. The number of thioether (sulfide) groups is 1. The molecule has 2 amide bonds. The van der Waals surface area contributed by atoms with Crippen LogP contribution in [-0.2, 0) is 16.0 Å². The summed E-state index contributed by atoms with van der Waals surface area (Å²) in [5, 5.41) is 5.52. The number of amides is 2. The Kier molecular flexibility index (Phi) is 7.22. The number of nitrogens with one attached hydrogen (secondary N) is 3. The molecule has 0 saturated carbocycles. The highest BCUT2D eigenvalue weighted by atomic mass is 32.2. The van der Waals surface area contributed by atoms with Crippen molar-refractivity contribution in [1.82, 2.24) is 15.3 Å². The van der Waals surface area contributed by atoms with Crippen molar-refractivity contribution in [2.24, 2.45) is 0 Å². The number of ether oxygens (including phenoxy) is 1. The van der Waals surface area contributed by atoms with Gasteiger partial charge in [-0.1, -0.05) is 23.9 Å². The van der Waals surface area contributed by atoms with E-state index in [1.807, 2.05) is 13.0 Å². The van der Waals surface area contributed by atoms with E-state index in [0.717, 1.165) is 11.8 Å². The highest BCUT2D eigenvalue weighted by molar-refractivity contribution is 7.99. The van der Waals surface area contributed by atoms with Crippen LogP contribution in [0.1, 0.15) is 12.6 Å². The number of H-pyrrole nitrogens is 1. The van der Waals surface area contributed by atoms with Crippen LogP contribution in [0.25, 0.3) is 0 Å². The van der Waals surface area contributed by atoms with Crippen molar-refractivity contribution >= 4 is 29.3 Å². The normalized spacial score (nSPS) is 10.2. The number of para-hydroxylation sites is 2. The number of hydrogen-bond donors (Lipinski definition) is 3. The molecule has 0 unspecified atom stereocenters. The van der Waals surface area contributed by atoms with E-state index in [1.165, 1.54) is 13.1 Å². The molecule has 0 bridgehead atoms. The highest BCUT2D eigenvalue weighted by Gasteiger charge is 2.10. The Labute approximate surface area is 154 Å². The number of rotatable bonds is 8. The molecule has 0 fully saturated rings. The van der Waals surface area contributed by atoms with Crippen molar-refractivity contribution in [3.8, 4) is 5.75 Å². The fourth-order valence-electron chi connectivity index (χ4n) is 2.07. The first kappa shape index (κ1) is 19.5. The molecular formula is C17H20N4O4S. The predicted octanol–water partition coefficient (Wildman–Crippen LogP) is 1.19. The number of benzene rings is 1. The molecule has 0 spiro atoms. The minimum atomic E-state index is -0.372. The lowest BCUT2D eigenvalue weighted by Gasteiger charge is -2.11. The van der Waals surface area contributed by atoms with Crippen molar-refractivity contribution in [2.45, 2.75) is 18.5 Å². The second-order valence-electron chi connectivity index (χ2n) is 5.16. The van der Waals surface area contributed by atoms with Crippen molar-refractivity contribution in [2.75, 3.05) is 24.7 Å². The number of anilines is 1. The fourth-order valence-corrected chi connectivity index (χ4v) is 2.76. The lowest BCUT2D eigenvalue weighted by atomic mass is 10.3. The largest absolute Gasteiger partial charge is 0.492 e. The topological polar surface area (TPSA) is 113 Å². The summed E-state index contributed by atoms with van der Waals surface area (Å²) in [5.74, 6) is 0.130. The Morgan fingerprint density at radius 1 is 1.27 bits per heavy atom. The van der Waals surface area contributed by atoms with Crippen molar-refractivity contribution < 1.29 is 14.3 Å². The monoisotopic (exact) mass is 376 g/mol. The third kappa shape index (κ3) is 5.92. The summed E-state index contributed by atoms with van der Waals surface area (Å²) in [6.45, 7) is 2.35. The standard InChI is InChI=1S/C17H20N4O4S/c1-3-25-13-7-5-4-6-12(13)20-16(24)10-26-17-19-11(8-14(22)18-2)9-15(23)21-17/h4-7,9H,3,8,10H2,1-2H3,(H,18,22)(H,20,24)(H,19,21,23). The zero-order valence-corrected chi connectivity index (χ0v) is 15.3. The van der Waals surface area contributed by atoms with Crippen LogP contribution in [0.2, 0.25) is 0 Å². The first-order valence-electron chi connectivity index (χ1n) is 7.97. The van der Waals surface area contributed by atoms with Gasteiger partial charge in [-0.05, 0) is 19.1 Å². The van der Waals surface area contributed by atoms with E-state index < -0.39 is 0 Å². The molecule has 1 heterocycles. The molecule has 138 valence electrons. The summed E-state index contributed by atoms with van der Waals surface area (Å²) in [4.78, 5) is 42.0. The Bertz CT molecular complexity index is 838. The predicted molar refractivity (Wildman–Crippen MR) is 99.6 cm³/mol. The van der Waals surface area contributed by atoms with Gasteiger partial charge in [-0.25, -0.2) is 4.98 Å². The maximum Gasteiger partial charge on any atom is 0.251 e. The Balaban J connectivity index is 1.99. The maximum absolute atomic E-state index is 12.2. The summed E-state index contributed by atoms with van der Waals surface area (Å²) in [5.41, 5.74) is 0.552. The van der Waals surface area contributed by atoms with Crippen molar-refractivity contribution in [3.05, 3.63) is 46.4 Å². The second kappa shape index (κ2) is 9.62. The van der Waals surface area contributed by atoms with Crippen LogP contribution in [0.3, 0.4) is 0 Å². The van der Waals surface area contributed by atoms with Gasteiger partial charge in [0.25, 0.3) is 5.56 Å². The van der Waals surface area contributed by atoms with Crippen molar-refractivity contribution in [3.63, 3.8) is 0 Å². The van der Waals surface area contributed by atoms with E-state index in [-0.39, 0.29) is 34.7 Å². The minimum absolute atomic E-state index is 0.00189. The quantitative estimate of drug-likeness (QED) is 0.471. The van der Waals surface area contributed by atoms with Crippen LogP contribution in [0.4, 0.5) is 5.69 Å². The van der Waals surface area contributed by atoms with Gasteiger partial charge in [0.2, 0.25) is 11.8 Å². The number of likely N-dealkylation sites (N-methyl/N-ethyl adjacent to an activating group) is 1. The average molecular weight is 376 g/mol. The number of hydrogen-bond acceptors (Lipinski definition) is 6. The molecule has 1 aromatic carbocycles. The number of carbonyl (C=O) groups excluding carboxylic acids is 2. The maximum atomic E-state index is 12.2. The van der Waals surface area contributed by atoms with Crippen LogP contribution < -0.4 is 20.9 Å². The fraction of sp³-hybridized carbons (Fsp3) is 0.294. The van der Waals surface area contributed by atoms with Gasteiger partial charge >= 0.3 is 0 Å². The zero-order valence-electron chi connectivity index (χ0n) is 14.5. The van der Waals surface area contributed by atoms with Gasteiger partial charge in [0, 0.05) is 13.1 Å². The van der Waals surface area contributed by atoms with E-state index in [2.05, 4.69) is 20.6 Å². The second-order valence-corrected chi connectivity index (χ2v) is 6.12. The van der Waals surface area contributed by atoms with Gasteiger partial charge in [0.05, 0.1) is 30.2 Å². The Hall–Kier alpha value is -2.81. The van der Waals surface area contributed by atoms with Gasteiger partial charge in [0.1, 0.15) is 5.75 Å². The third-order valence-electron chi connectivity index (χ3n) is 3.19. The summed E-state index contributed by atoms with van der Waals surface area (Å²) < 4.78 is 5.46. The number of aromatic amines is 1. The van der Waals surface area contributed by atoms with E-state index in [9.17, 15) is 14.4 Å². The summed E-state index contributed by atoms with van der Waals surface area (Å²) in [6, 6.07) is 8.40. The lowest BCUT2D eigenvalue weighted by Crippen LogP contribution is -2.22. The van der Waals surface area contributed by atoms with Gasteiger partial charge in [-0.3, -0.25) is 14.4 Å². The van der Waals surface area contributed by atoms with Gasteiger partial charge < -0.3 is 20.4 Å². The summed E-state index contributed by atoms with van der Waals surface area (Å²) >= 11 is 1.08. The van der Waals surface area contributed by atoms with Gasteiger partial charge in [0.15, 0.2) is 5.16 Å². The minimum Gasteiger partial charge on any atom is -0.492 e. The molecule has 1 aromatic heterocycles. The van der Waals surface area contributed by atoms with Crippen LogP contribution in [0.5, 0.6) is 5.75 Å². The molecule has 0 atom stereocenters. The summed E-state index contributed by atoms with van der Waals surface area (Å²) in [7, 11) is 1.51. The molecular weight excluding hydrogens is 356 g/mol. The zero-order chi connectivity index (χ0) is 18.9. The number of nitrogens with zero attached hydrogens (tertiary/aromatic N) is 1. The smallest absolute Gasteiger partial charge is 0.251 e. The number of aromatic nitrogens is 2. The SMILES string of the molecule is CCOc1ccccc1NC(=O)CSc1nc(CC(=O)NC)cc(=O)[nH]1. The van der Waals surface area contributed by atoms with Crippen LogP contribution in [0.15, 0.2) is 40.3 Å². The molecule has 3 N–H and O–H groups in total. The molecule has 26 heavy (non-hydrogen) atoms. The molecule has 9 heteroatoms. The first-order valence-corrected chi connectivity index (χ1v) is 8.95. The third-order valence-corrected chi connectivity index (χ3v) is 4.07. The molecule has 0 saturated heterocycles. The van der Waals surface area contributed by atoms with Crippen LogP contribution >= 0.6 is 11.8 Å². The van der Waals surface area contributed by atoms with E-state index in [1.54, 1.807) is 18.2 Å². The molecule has 0 radical (unpaired) electrons. The molecule has 2 aromatic rings. The molecule has 0 aliphatic heterocycles. The van der Waals surface area contributed by atoms with Gasteiger partial charge in [-0.2, -0.15) is 0 Å². The van der Waals surface area contributed by atoms with E-state index in [0.29, 0.717) is 23.7 Å². The Morgan fingerprint density at radius 3 is 2.77 bits per heavy atom. The lowest BCUT2D eigenvalue weighted by molar-refractivity contribution is -0.120. The summed E-state index contributed by atoms with van der Waals surface area (Å²) in [6.07, 6.45) is 0.00189.